The van der Waals surface area contributed by atoms with E-state index in [1.165, 1.54) is 4.90 Å². The van der Waals surface area contributed by atoms with Gasteiger partial charge in [-0.2, -0.15) is 0 Å². The fourth-order valence-corrected chi connectivity index (χ4v) is 3.90. The summed E-state index contributed by atoms with van der Waals surface area (Å²) >= 11 is 6.05. The van der Waals surface area contributed by atoms with E-state index in [0.717, 1.165) is 11.1 Å². The van der Waals surface area contributed by atoms with Gasteiger partial charge >= 0.3 is 0 Å². The van der Waals surface area contributed by atoms with Crippen LogP contribution in [0, 0.1) is 5.92 Å². The molecule has 1 aromatic heterocycles. The van der Waals surface area contributed by atoms with Crippen molar-refractivity contribution < 1.29 is 14.4 Å². The number of pyridine rings is 1. The Hall–Kier alpha value is -3.51. The molecule has 1 unspecified atom stereocenters. The van der Waals surface area contributed by atoms with Crippen molar-refractivity contribution in [1.82, 2.24) is 10.3 Å². The summed E-state index contributed by atoms with van der Waals surface area (Å²) in [4.78, 5) is 44.1. The molecular weight excluding hydrogens is 414 g/mol. The standard InChI is InChI=1S/C24H20ClN3O3/c1-28-21-6-5-17(23(30)27-14-15-7-9-26-10-8-15)13-19(21)22(29)20(24(28)31)12-16-3-2-4-18(25)11-16/h2-11,13,20H,12,14H2,1H3,(H,27,30). The number of nitrogens with one attached hydrogen (secondary N) is 1. The van der Waals surface area contributed by atoms with Gasteiger partial charge in [-0.05, 0) is 60.0 Å². The predicted molar refractivity (Wildman–Crippen MR) is 118 cm³/mol. The van der Waals surface area contributed by atoms with E-state index in [1.807, 2.05) is 18.2 Å². The number of hydrogen-bond acceptors (Lipinski definition) is 4. The number of nitrogens with zero attached hydrogens (tertiary/aromatic N) is 2. The lowest BCUT2D eigenvalue weighted by Gasteiger charge is -2.30. The van der Waals surface area contributed by atoms with Crippen LogP contribution in [0.2, 0.25) is 5.02 Å². The second-order valence-corrected chi connectivity index (χ2v) is 7.85. The summed E-state index contributed by atoms with van der Waals surface area (Å²) in [5, 5.41) is 3.39. The van der Waals surface area contributed by atoms with Crippen LogP contribution in [0.3, 0.4) is 0 Å². The summed E-state index contributed by atoms with van der Waals surface area (Å²) in [6, 6.07) is 15.6. The first-order valence-corrected chi connectivity index (χ1v) is 10.2. The molecule has 2 heterocycles. The fraction of sp³-hybridized carbons (Fsp3) is 0.167. The van der Waals surface area contributed by atoms with Crippen molar-refractivity contribution in [2.24, 2.45) is 5.92 Å². The molecule has 2 aromatic carbocycles. The van der Waals surface area contributed by atoms with E-state index in [9.17, 15) is 14.4 Å². The van der Waals surface area contributed by atoms with Gasteiger partial charge < -0.3 is 10.2 Å². The van der Waals surface area contributed by atoms with Gasteiger partial charge in [-0.1, -0.05) is 23.7 Å². The third kappa shape index (κ3) is 4.34. The molecule has 156 valence electrons. The lowest BCUT2D eigenvalue weighted by molar-refractivity contribution is -0.120. The highest BCUT2D eigenvalue weighted by Crippen LogP contribution is 2.32. The Morgan fingerprint density at radius 3 is 2.58 bits per heavy atom. The Bertz CT molecular complexity index is 1160. The number of rotatable bonds is 5. The number of carbonyl (C=O) groups is 3. The molecule has 0 spiro atoms. The quantitative estimate of drug-likeness (QED) is 0.622. The Kier molecular flexibility index (Phi) is 5.82. The lowest BCUT2D eigenvalue weighted by Crippen LogP contribution is -2.43. The van der Waals surface area contributed by atoms with E-state index in [0.29, 0.717) is 28.4 Å². The van der Waals surface area contributed by atoms with Gasteiger partial charge in [0, 0.05) is 42.1 Å². The Balaban J connectivity index is 1.57. The van der Waals surface area contributed by atoms with E-state index in [2.05, 4.69) is 10.3 Å². The van der Waals surface area contributed by atoms with Gasteiger partial charge in [-0.15, -0.1) is 0 Å². The molecule has 0 fully saturated rings. The molecule has 3 aromatic rings. The van der Waals surface area contributed by atoms with Gasteiger partial charge in [0.25, 0.3) is 5.91 Å². The van der Waals surface area contributed by atoms with Crippen molar-refractivity contribution in [2.45, 2.75) is 13.0 Å². The van der Waals surface area contributed by atoms with Crippen molar-refractivity contribution in [3.05, 3.63) is 94.3 Å². The summed E-state index contributed by atoms with van der Waals surface area (Å²) in [7, 11) is 1.64. The van der Waals surface area contributed by atoms with E-state index in [-0.39, 0.29) is 24.0 Å². The highest BCUT2D eigenvalue weighted by Gasteiger charge is 2.38. The van der Waals surface area contributed by atoms with Crippen LogP contribution in [-0.4, -0.2) is 29.6 Å². The van der Waals surface area contributed by atoms with E-state index >= 15 is 0 Å². The monoisotopic (exact) mass is 433 g/mol. The van der Waals surface area contributed by atoms with Crippen LogP contribution >= 0.6 is 11.6 Å². The van der Waals surface area contributed by atoms with Gasteiger partial charge in [-0.25, -0.2) is 0 Å². The van der Waals surface area contributed by atoms with Crippen LogP contribution in [-0.2, 0) is 17.8 Å². The minimum atomic E-state index is -0.855. The molecule has 1 atom stereocenters. The fourth-order valence-electron chi connectivity index (χ4n) is 3.68. The van der Waals surface area contributed by atoms with Gasteiger partial charge in [0.15, 0.2) is 5.78 Å². The first-order chi connectivity index (χ1) is 14.9. The zero-order valence-corrected chi connectivity index (χ0v) is 17.6. The molecule has 4 rings (SSSR count). The lowest BCUT2D eigenvalue weighted by atomic mass is 9.85. The van der Waals surface area contributed by atoms with E-state index < -0.39 is 5.92 Å². The number of carbonyl (C=O) groups excluding carboxylic acids is 3. The van der Waals surface area contributed by atoms with Gasteiger partial charge in [0.05, 0.1) is 5.69 Å². The SMILES string of the molecule is CN1C(=O)C(Cc2cccc(Cl)c2)C(=O)c2cc(C(=O)NCc3ccncc3)ccc21. The van der Waals surface area contributed by atoms with Gasteiger partial charge in [0.2, 0.25) is 5.91 Å². The molecule has 7 heteroatoms. The van der Waals surface area contributed by atoms with E-state index in [1.54, 1.807) is 55.8 Å². The largest absolute Gasteiger partial charge is 0.348 e. The highest BCUT2D eigenvalue weighted by molar-refractivity contribution is 6.30. The molecule has 31 heavy (non-hydrogen) atoms. The molecular formula is C24H20ClN3O3. The summed E-state index contributed by atoms with van der Waals surface area (Å²) in [5.74, 6) is -1.71. The third-order valence-electron chi connectivity index (χ3n) is 5.36. The average Bonchev–Trinajstić information content (AvgIpc) is 2.79. The number of amides is 2. The second-order valence-electron chi connectivity index (χ2n) is 7.42. The number of aromatic nitrogens is 1. The van der Waals surface area contributed by atoms with Crippen molar-refractivity contribution >= 4 is 34.9 Å². The Labute approximate surface area is 184 Å². The number of benzene rings is 2. The summed E-state index contributed by atoms with van der Waals surface area (Å²) in [5.41, 5.74) is 2.96. The van der Waals surface area contributed by atoms with Gasteiger partial charge in [-0.3, -0.25) is 19.4 Å². The first kappa shape index (κ1) is 20.8. The summed E-state index contributed by atoms with van der Waals surface area (Å²) in [6.07, 6.45) is 3.57. The maximum Gasteiger partial charge on any atom is 0.251 e. The molecule has 1 aliphatic heterocycles. The zero-order chi connectivity index (χ0) is 22.0. The van der Waals surface area contributed by atoms with Crippen LogP contribution in [0.5, 0.6) is 0 Å². The second kappa shape index (κ2) is 8.70. The topological polar surface area (TPSA) is 79.4 Å². The number of fused-ring (bicyclic) bond motifs is 1. The molecule has 1 N–H and O–H groups in total. The van der Waals surface area contributed by atoms with Crippen molar-refractivity contribution in [2.75, 3.05) is 11.9 Å². The Morgan fingerprint density at radius 2 is 1.84 bits per heavy atom. The molecule has 1 aliphatic rings. The van der Waals surface area contributed by atoms with Crippen molar-refractivity contribution in [3.63, 3.8) is 0 Å². The molecule has 2 amide bonds. The average molecular weight is 434 g/mol. The van der Waals surface area contributed by atoms with E-state index in [4.69, 9.17) is 11.6 Å². The van der Waals surface area contributed by atoms with Crippen LogP contribution in [0.25, 0.3) is 0 Å². The predicted octanol–water partition coefficient (Wildman–Crippen LogP) is 3.68. The van der Waals surface area contributed by atoms with Crippen LogP contribution in [0.1, 0.15) is 31.8 Å². The minimum Gasteiger partial charge on any atom is -0.348 e. The van der Waals surface area contributed by atoms with Crippen molar-refractivity contribution in [3.8, 4) is 0 Å². The molecule has 6 nitrogen and oxygen atoms in total. The maximum atomic E-state index is 13.2. The van der Waals surface area contributed by atoms with Crippen LogP contribution < -0.4 is 10.2 Å². The number of halogens is 1. The van der Waals surface area contributed by atoms with Crippen molar-refractivity contribution in [1.29, 1.82) is 0 Å². The smallest absolute Gasteiger partial charge is 0.251 e. The maximum absolute atomic E-state index is 13.2. The Morgan fingerprint density at radius 1 is 1.06 bits per heavy atom. The normalized spacial score (nSPS) is 15.5. The molecule has 0 saturated carbocycles. The minimum absolute atomic E-state index is 0.250. The highest BCUT2D eigenvalue weighted by atomic mass is 35.5. The summed E-state index contributed by atoms with van der Waals surface area (Å²) < 4.78 is 0. The van der Waals surface area contributed by atoms with Crippen LogP contribution in [0.4, 0.5) is 5.69 Å². The molecule has 0 radical (unpaired) electrons. The summed E-state index contributed by atoms with van der Waals surface area (Å²) in [6.45, 7) is 0.349. The number of hydrogen-bond donors (Lipinski definition) is 1. The first-order valence-electron chi connectivity index (χ1n) is 9.81. The molecule has 0 aliphatic carbocycles. The molecule has 0 saturated heterocycles. The third-order valence-corrected chi connectivity index (χ3v) is 5.60. The zero-order valence-electron chi connectivity index (χ0n) is 16.8. The number of Topliss-reactive ketones (excluding diaryl/α,β-unsaturated/α-hetero) is 1. The number of anilines is 1. The molecule has 0 bridgehead atoms. The van der Waals surface area contributed by atoms with Gasteiger partial charge in [0.1, 0.15) is 5.92 Å². The number of ketones is 1. The van der Waals surface area contributed by atoms with Crippen LogP contribution in [0.15, 0.2) is 67.0 Å².